The van der Waals surface area contributed by atoms with E-state index in [0.717, 1.165) is 25.0 Å². The van der Waals surface area contributed by atoms with Crippen molar-refractivity contribution in [1.29, 1.82) is 0 Å². The van der Waals surface area contributed by atoms with E-state index in [2.05, 4.69) is 6.58 Å². The van der Waals surface area contributed by atoms with E-state index >= 15 is 0 Å². The number of ether oxygens (including phenoxy) is 1. The van der Waals surface area contributed by atoms with Crippen molar-refractivity contribution in [1.82, 2.24) is 0 Å². The molecule has 1 atom stereocenters. The molecule has 0 saturated carbocycles. The molecule has 0 fully saturated rings. The first-order chi connectivity index (χ1) is 9.66. The first-order valence-electron chi connectivity index (χ1n) is 7.76. The van der Waals surface area contributed by atoms with Gasteiger partial charge in [0.2, 0.25) is 0 Å². The summed E-state index contributed by atoms with van der Waals surface area (Å²) in [5.41, 5.74) is 0. The van der Waals surface area contributed by atoms with E-state index in [1.54, 1.807) is 6.26 Å². The lowest BCUT2D eigenvalue weighted by molar-refractivity contribution is -0.137. The summed E-state index contributed by atoms with van der Waals surface area (Å²) in [6, 6.07) is 0. The molecule has 0 aromatic rings. The van der Waals surface area contributed by atoms with Crippen LogP contribution in [-0.2, 0) is 20.3 Å². The monoisotopic (exact) mass is 302 g/mol. The van der Waals surface area contributed by atoms with Gasteiger partial charge < -0.3 is 4.74 Å². The van der Waals surface area contributed by atoms with Crippen LogP contribution in [0, 0.1) is 0 Å². The summed E-state index contributed by atoms with van der Waals surface area (Å²) in [7, 11) is -0.621. The highest BCUT2D eigenvalue weighted by Crippen LogP contribution is 2.10. The summed E-state index contributed by atoms with van der Waals surface area (Å²) in [5.74, 6) is 0.535. The Balaban J connectivity index is 3.04. The minimum atomic E-state index is -0.621. The van der Waals surface area contributed by atoms with Crippen molar-refractivity contribution < 1.29 is 13.7 Å². The molecule has 0 aliphatic rings. The van der Waals surface area contributed by atoms with Crippen LogP contribution in [0.4, 0.5) is 0 Å². The summed E-state index contributed by atoms with van der Waals surface area (Å²) in [4.78, 5) is 10.8. The Hall–Kier alpha value is -0.640. The van der Waals surface area contributed by atoms with E-state index in [9.17, 15) is 9.00 Å². The molecule has 0 N–H and O–H groups in total. The third-order valence-corrected chi connectivity index (χ3v) is 4.10. The van der Waals surface area contributed by atoms with Gasteiger partial charge in [-0.2, -0.15) is 0 Å². The third kappa shape index (κ3) is 15.4. The molecule has 0 aromatic heterocycles. The van der Waals surface area contributed by atoms with Gasteiger partial charge in [-0.3, -0.25) is 4.21 Å². The van der Waals surface area contributed by atoms with Gasteiger partial charge in [-0.1, -0.05) is 57.9 Å². The van der Waals surface area contributed by atoms with Crippen LogP contribution in [-0.4, -0.2) is 28.8 Å². The van der Waals surface area contributed by atoms with Crippen LogP contribution in [0.15, 0.2) is 12.7 Å². The zero-order chi connectivity index (χ0) is 15.1. The average Bonchev–Trinajstić information content (AvgIpc) is 2.43. The SMILES string of the molecule is C=CC(=O)OCCCCCCCCCCCCS(C)=O. The van der Waals surface area contributed by atoms with Crippen LogP contribution in [0.2, 0.25) is 0 Å². The third-order valence-electron chi connectivity index (χ3n) is 3.24. The number of rotatable bonds is 14. The Kier molecular flexibility index (Phi) is 14.3. The van der Waals surface area contributed by atoms with Crippen LogP contribution in [0.1, 0.15) is 64.2 Å². The summed E-state index contributed by atoms with van der Waals surface area (Å²) >= 11 is 0. The predicted octanol–water partition coefficient (Wildman–Crippen LogP) is 4.00. The maximum absolute atomic E-state index is 10.9. The normalized spacial score (nSPS) is 12.1. The quantitative estimate of drug-likeness (QED) is 0.277. The molecule has 4 heteroatoms. The predicted molar refractivity (Wildman–Crippen MR) is 86.3 cm³/mol. The average molecular weight is 302 g/mol. The number of unbranched alkanes of at least 4 members (excludes halogenated alkanes) is 9. The van der Waals surface area contributed by atoms with Gasteiger partial charge in [-0.25, -0.2) is 4.79 Å². The molecule has 1 unspecified atom stereocenters. The minimum Gasteiger partial charge on any atom is -0.463 e. The molecule has 0 aromatic carbocycles. The van der Waals surface area contributed by atoms with Crippen LogP contribution >= 0.6 is 0 Å². The molecule has 0 bridgehead atoms. The summed E-state index contributed by atoms with van der Waals surface area (Å²) in [6.45, 7) is 3.87. The lowest BCUT2D eigenvalue weighted by Gasteiger charge is -2.03. The van der Waals surface area contributed by atoms with Gasteiger partial charge in [0.25, 0.3) is 0 Å². The number of esters is 1. The molecule has 0 aliphatic carbocycles. The second-order valence-corrected chi connectivity index (χ2v) is 6.74. The zero-order valence-electron chi connectivity index (χ0n) is 12.9. The Morgan fingerprint density at radius 2 is 1.40 bits per heavy atom. The van der Waals surface area contributed by atoms with Crippen molar-refractivity contribution in [3.63, 3.8) is 0 Å². The molecule has 118 valence electrons. The Bertz CT molecular complexity index is 277. The van der Waals surface area contributed by atoms with E-state index < -0.39 is 10.8 Å². The van der Waals surface area contributed by atoms with Crippen LogP contribution in [0.25, 0.3) is 0 Å². The largest absolute Gasteiger partial charge is 0.463 e. The zero-order valence-corrected chi connectivity index (χ0v) is 13.7. The van der Waals surface area contributed by atoms with Gasteiger partial charge in [0.1, 0.15) is 0 Å². The molecular weight excluding hydrogens is 272 g/mol. The Morgan fingerprint density at radius 1 is 0.950 bits per heavy atom. The second kappa shape index (κ2) is 14.8. The van der Waals surface area contributed by atoms with E-state index in [1.807, 2.05) is 0 Å². The van der Waals surface area contributed by atoms with E-state index in [0.29, 0.717) is 6.61 Å². The van der Waals surface area contributed by atoms with Crippen LogP contribution < -0.4 is 0 Å². The molecule has 0 heterocycles. The highest BCUT2D eigenvalue weighted by Gasteiger charge is 1.96. The topological polar surface area (TPSA) is 43.4 Å². The van der Waals surface area contributed by atoms with Crippen LogP contribution in [0.5, 0.6) is 0 Å². The fourth-order valence-electron chi connectivity index (χ4n) is 2.05. The highest BCUT2D eigenvalue weighted by atomic mass is 32.2. The van der Waals surface area contributed by atoms with Gasteiger partial charge in [0.15, 0.2) is 0 Å². The van der Waals surface area contributed by atoms with Crippen molar-refractivity contribution in [2.75, 3.05) is 18.6 Å². The molecule has 0 aliphatic heterocycles. The van der Waals surface area contributed by atoms with E-state index in [1.165, 1.54) is 51.0 Å². The fourth-order valence-corrected chi connectivity index (χ4v) is 2.66. The first-order valence-corrected chi connectivity index (χ1v) is 9.48. The van der Waals surface area contributed by atoms with Crippen molar-refractivity contribution in [3.8, 4) is 0 Å². The van der Waals surface area contributed by atoms with Gasteiger partial charge in [-0.05, 0) is 12.8 Å². The maximum atomic E-state index is 10.9. The summed E-state index contributed by atoms with van der Waals surface area (Å²) in [6.07, 6.45) is 15.1. The number of hydrogen-bond acceptors (Lipinski definition) is 3. The first kappa shape index (κ1) is 19.4. The highest BCUT2D eigenvalue weighted by molar-refractivity contribution is 7.84. The molecule has 0 saturated heterocycles. The standard InChI is InChI=1S/C16H30O3S/c1-3-16(17)19-14-12-10-8-6-4-5-7-9-11-13-15-20(2)18/h3H,1,4-15H2,2H3. The van der Waals surface area contributed by atoms with Crippen molar-refractivity contribution in [3.05, 3.63) is 12.7 Å². The second-order valence-electron chi connectivity index (χ2n) is 5.18. The minimum absolute atomic E-state index is 0.322. The number of hydrogen-bond donors (Lipinski definition) is 0. The smallest absolute Gasteiger partial charge is 0.330 e. The van der Waals surface area contributed by atoms with Gasteiger partial charge in [-0.15, -0.1) is 0 Å². The Labute approximate surface area is 126 Å². The maximum Gasteiger partial charge on any atom is 0.330 e. The van der Waals surface area contributed by atoms with Crippen molar-refractivity contribution >= 4 is 16.8 Å². The van der Waals surface area contributed by atoms with Gasteiger partial charge in [0.05, 0.1) is 6.61 Å². The number of carbonyl (C=O) groups excluding carboxylic acids is 1. The van der Waals surface area contributed by atoms with Gasteiger partial charge >= 0.3 is 5.97 Å². The van der Waals surface area contributed by atoms with E-state index in [-0.39, 0.29) is 5.97 Å². The molecule has 0 radical (unpaired) electrons. The molecule has 0 spiro atoms. The lowest BCUT2D eigenvalue weighted by Crippen LogP contribution is -2.01. The molecule has 0 rings (SSSR count). The van der Waals surface area contributed by atoms with Crippen molar-refractivity contribution in [2.24, 2.45) is 0 Å². The summed E-state index contributed by atoms with van der Waals surface area (Å²) < 4.78 is 15.8. The molecule has 3 nitrogen and oxygen atoms in total. The molecule has 20 heavy (non-hydrogen) atoms. The fraction of sp³-hybridized carbons (Fsp3) is 0.812. The number of carbonyl (C=O) groups is 1. The molecular formula is C16H30O3S. The van der Waals surface area contributed by atoms with E-state index in [4.69, 9.17) is 4.74 Å². The van der Waals surface area contributed by atoms with Crippen LogP contribution in [0.3, 0.4) is 0 Å². The van der Waals surface area contributed by atoms with Crippen molar-refractivity contribution in [2.45, 2.75) is 64.2 Å². The van der Waals surface area contributed by atoms with Gasteiger partial charge in [0, 0.05) is 28.9 Å². The Morgan fingerprint density at radius 3 is 1.85 bits per heavy atom. The molecule has 0 amide bonds. The summed E-state index contributed by atoms with van der Waals surface area (Å²) in [5, 5.41) is 0. The lowest BCUT2D eigenvalue weighted by atomic mass is 10.1.